The summed E-state index contributed by atoms with van der Waals surface area (Å²) in [6.07, 6.45) is 12.4. The van der Waals surface area contributed by atoms with E-state index in [1.54, 1.807) is 0 Å². The number of benzene rings is 1. The quantitative estimate of drug-likeness (QED) is 0.465. The van der Waals surface area contributed by atoms with Crippen LogP contribution in [0.3, 0.4) is 0 Å². The summed E-state index contributed by atoms with van der Waals surface area (Å²) in [6.45, 7) is 0. The Bertz CT molecular complexity index is 671. The zero-order valence-corrected chi connectivity index (χ0v) is 16.2. The second-order valence-electron chi connectivity index (χ2n) is 8.76. The Hall–Kier alpha value is -1.84. The fourth-order valence-corrected chi connectivity index (χ4v) is 4.15. The maximum absolute atomic E-state index is 11.2. The van der Waals surface area contributed by atoms with Gasteiger partial charge in [0.2, 0.25) is 0 Å². The van der Waals surface area contributed by atoms with Crippen LogP contribution in [0.2, 0.25) is 0 Å². The predicted molar refractivity (Wildman–Crippen MR) is 105 cm³/mol. The molecule has 0 radical (unpaired) electrons. The highest BCUT2D eigenvalue weighted by Crippen LogP contribution is 2.50. The van der Waals surface area contributed by atoms with Crippen LogP contribution in [-0.4, -0.2) is 22.2 Å². The molecule has 2 fully saturated rings. The summed E-state index contributed by atoms with van der Waals surface area (Å²) < 4.78 is 0. The Morgan fingerprint density at radius 1 is 0.741 bits per heavy atom. The highest BCUT2D eigenvalue weighted by molar-refractivity contribution is 5.78. The highest BCUT2D eigenvalue weighted by Gasteiger charge is 2.49. The Morgan fingerprint density at radius 3 is 1.63 bits per heavy atom. The number of aliphatic carboxylic acids is 2. The standard InChI is InChI=1S/C23H32O4/c24-20(25)22(13-14-22)11-4-1-2-7-18-9-6-10-19(17-18)8-3-5-12-23(15-16-23)21(26)27/h6,9-10,17H,1-5,7-8,11-16H2,(H,24,25)(H,26,27). The van der Waals surface area contributed by atoms with Crippen molar-refractivity contribution in [1.82, 2.24) is 0 Å². The van der Waals surface area contributed by atoms with Gasteiger partial charge >= 0.3 is 11.9 Å². The third-order valence-electron chi connectivity index (χ3n) is 6.60. The van der Waals surface area contributed by atoms with E-state index in [0.29, 0.717) is 0 Å². The maximum atomic E-state index is 11.2. The molecule has 0 aliphatic heterocycles. The van der Waals surface area contributed by atoms with E-state index < -0.39 is 11.9 Å². The number of hydrogen-bond acceptors (Lipinski definition) is 2. The Balaban J connectivity index is 1.31. The van der Waals surface area contributed by atoms with Gasteiger partial charge in [0, 0.05) is 0 Å². The van der Waals surface area contributed by atoms with Gasteiger partial charge in [0.25, 0.3) is 0 Å². The SMILES string of the molecule is O=C(O)C1(CCCCCc2cccc(CCCCC3(C(=O)O)CC3)c2)CC1. The molecule has 0 unspecified atom stereocenters. The average Bonchev–Trinajstić information content (AvgIpc) is 3.54. The number of carboxylic acid groups (broad SMARTS) is 2. The average molecular weight is 373 g/mol. The molecule has 2 aliphatic carbocycles. The third-order valence-corrected chi connectivity index (χ3v) is 6.60. The normalized spacial score (nSPS) is 18.8. The highest BCUT2D eigenvalue weighted by atomic mass is 16.4. The summed E-state index contributed by atoms with van der Waals surface area (Å²) in [7, 11) is 0. The van der Waals surface area contributed by atoms with Crippen molar-refractivity contribution in [3.05, 3.63) is 35.4 Å². The van der Waals surface area contributed by atoms with Crippen molar-refractivity contribution >= 4 is 11.9 Å². The first-order valence-corrected chi connectivity index (χ1v) is 10.5. The van der Waals surface area contributed by atoms with Gasteiger partial charge in [0.15, 0.2) is 0 Å². The van der Waals surface area contributed by atoms with Crippen LogP contribution in [-0.2, 0) is 22.4 Å². The number of hydrogen-bond donors (Lipinski definition) is 2. The summed E-state index contributed by atoms with van der Waals surface area (Å²) in [6, 6.07) is 8.74. The van der Waals surface area contributed by atoms with Gasteiger partial charge in [-0.3, -0.25) is 9.59 Å². The van der Waals surface area contributed by atoms with E-state index in [1.807, 2.05) is 0 Å². The largest absolute Gasteiger partial charge is 0.481 e. The van der Waals surface area contributed by atoms with E-state index in [4.69, 9.17) is 0 Å². The number of aryl methyl sites for hydroxylation is 2. The first kappa shape index (κ1) is 19.9. The number of carbonyl (C=O) groups is 2. The molecule has 2 aliphatic rings. The molecule has 2 N–H and O–H groups in total. The zero-order valence-electron chi connectivity index (χ0n) is 16.2. The van der Waals surface area contributed by atoms with Gasteiger partial charge in [-0.2, -0.15) is 0 Å². The molecule has 2 saturated carbocycles. The summed E-state index contributed by atoms with van der Waals surface area (Å²) >= 11 is 0. The molecule has 0 bridgehead atoms. The van der Waals surface area contributed by atoms with Crippen LogP contribution in [0.1, 0.15) is 81.8 Å². The first-order chi connectivity index (χ1) is 13.0. The summed E-state index contributed by atoms with van der Waals surface area (Å²) in [5, 5.41) is 18.4. The minimum absolute atomic E-state index is 0.375. The molecule has 4 heteroatoms. The molecule has 0 amide bonds. The number of unbranched alkanes of at least 4 members (excludes halogenated alkanes) is 3. The molecule has 1 aromatic carbocycles. The predicted octanol–water partition coefficient (Wildman–Crippen LogP) is 5.23. The summed E-state index contributed by atoms with van der Waals surface area (Å²) in [4.78, 5) is 22.4. The van der Waals surface area contributed by atoms with Crippen molar-refractivity contribution in [3.63, 3.8) is 0 Å². The van der Waals surface area contributed by atoms with E-state index in [9.17, 15) is 19.8 Å². The fraction of sp³-hybridized carbons (Fsp3) is 0.652. The van der Waals surface area contributed by atoms with Crippen LogP contribution in [0.4, 0.5) is 0 Å². The molecular formula is C23H32O4. The molecule has 4 nitrogen and oxygen atoms in total. The van der Waals surface area contributed by atoms with Crippen molar-refractivity contribution in [1.29, 1.82) is 0 Å². The Labute approximate surface area is 162 Å². The van der Waals surface area contributed by atoms with Gasteiger partial charge in [0.05, 0.1) is 10.8 Å². The Kier molecular flexibility index (Phi) is 6.23. The lowest BCUT2D eigenvalue weighted by Crippen LogP contribution is -2.14. The topological polar surface area (TPSA) is 74.6 Å². The van der Waals surface area contributed by atoms with Crippen LogP contribution in [0, 0.1) is 10.8 Å². The van der Waals surface area contributed by atoms with Gasteiger partial charge in [0.1, 0.15) is 0 Å². The molecule has 3 rings (SSSR count). The van der Waals surface area contributed by atoms with Crippen molar-refractivity contribution in [3.8, 4) is 0 Å². The molecule has 0 saturated heterocycles. The van der Waals surface area contributed by atoms with Crippen LogP contribution >= 0.6 is 0 Å². The van der Waals surface area contributed by atoms with E-state index in [0.717, 1.165) is 83.5 Å². The van der Waals surface area contributed by atoms with Crippen molar-refractivity contribution in [2.75, 3.05) is 0 Å². The molecule has 1 aromatic rings. The molecule has 27 heavy (non-hydrogen) atoms. The Morgan fingerprint density at radius 2 is 1.19 bits per heavy atom. The van der Waals surface area contributed by atoms with E-state index >= 15 is 0 Å². The van der Waals surface area contributed by atoms with Crippen LogP contribution in [0.25, 0.3) is 0 Å². The molecular weight excluding hydrogens is 340 g/mol. The summed E-state index contributed by atoms with van der Waals surface area (Å²) in [5.41, 5.74) is 1.94. The van der Waals surface area contributed by atoms with E-state index in [1.165, 1.54) is 11.1 Å². The smallest absolute Gasteiger partial charge is 0.309 e. The zero-order chi connectivity index (χ0) is 19.3. The summed E-state index contributed by atoms with van der Waals surface area (Å²) in [5.74, 6) is -1.22. The lowest BCUT2D eigenvalue weighted by atomic mass is 9.95. The van der Waals surface area contributed by atoms with Gasteiger partial charge in [-0.25, -0.2) is 0 Å². The van der Waals surface area contributed by atoms with Gasteiger partial charge in [-0.05, 0) is 75.3 Å². The van der Waals surface area contributed by atoms with Crippen LogP contribution in [0.5, 0.6) is 0 Å². The van der Waals surface area contributed by atoms with Crippen molar-refractivity contribution in [2.24, 2.45) is 10.8 Å². The number of rotatable bonds is 13. The van der Waals surface area contributed by atoms with Crippen molar-refractivity contribution < 1.29 is 19.8 Å². The first-order valence-electron chi connectivity index (χ1n) is 10.5. The minimum Gasteiger partial charge on any atom is -0.481 e. The van der Waals surface area contributed by atoms with Gasteiger partial charge in [-0.1, -0.05) is 43.5 Å². The molecule has 0 spiro atoms. The monoisotopic (exact) mass is 372 g/mol. The van der Waals surface area contributed by atoms with Crippen LogP contribution in [0.15, 0.2) is 24.3 Å². The molecule has 0 heterocycles. The number of carboxylic acids is 2. The minimum atomic E-state index is -0.611. The fourth-order valence-electron chi connectivity index (χ4n) is 4.15. The van der Waals surface area contributed by atoms with Crippen LogP contribution < -0.4 is 0 Å². The second-order valence-corrected chi connectivity index (χ2v) is 8.76. The third kappa shape index (κ3) is 5.33. The molecule has 0 atom stereocenters. The van der Waals surface area contributed by atoms with E-state index in [-0.39, 0.29) is 10.8 Å². The lowest BCUT2D eigenvalue weighted by Gasteiger charge is -2.10. The molecule has 148 valence electrons. The van der Waals surface area contributed by atoms with Gasteiger partial charge < -0.3 is 10.2 Å². The van der Waals surface area contributed by atoms with Crippen molar-refractivity contribution in [2.45, 2.75) is 83.5 Å². The van der Waals surface area contributed by atoms with Gasteiger partial charge in [-0.15, -0.1) is 0 Å². The lowest BCUT2D eigenvalue weighted by molar-refractivity contribution is -0.144. The molecule has 0 aromatic heterocycles. The maximum Gasteiger partial charge on any atom is 0.309 e. The van der Waals surface area contributed by atoms with E-state index in [2.05, 4.69) is 24.3 Å². The second kappa shape index (κ2) is 8.45.